The predicted octanol–water partition coefficient (Wildman–Crippen LogP) is 1.18. The Bertz CT molecular complexity index is 132. The van der Waals surface area contributed by atoms with Gasteiger partial charge in [0, 0.05) is 19.8 Å². The molecule has 0 atom stereocenters. The third-order valence-electron chi connectivity index (χ3n) is 1.14. The van der Waals surface area contributed by atoms with Crippen molar-refractivity contribution in [3.8, 4) is 0 Å². The Hall–Kier alpha value is -0.990. The molecule has 0 aliphatic rings. The number of nitrogens with one attached hydrogen (secondary N) is 1. The predicted molar refractivity (Wildman–Crippen MR) is 41.6 cm³/mol. The molecule has 0 aromatic heterocycles. The summed E-state index contributed by atoms with van der Waals surface area (Å²) in [6.07, 6.45) is 3.58. The van der Waals surface area contributed by atoms with E-state index in [1.165, 1.54) is 0 Å². The van der Waals surface area contributed by atoms with E-state index in [2.05, 4.69) is 5.32 Å². The summed E-state index contributed by atoms with van der Waals surface area (Å²) in [5.74, 6) is 0. The first-order chi connectivity index (χ1) is 4.76. The second-order valence-electron chi connectivity index (χ2n) is 1.82. The van der Waals surface area contributed by atoms with E-state index in [-0.39, 0.29) is 6.03 Å². The lowest BCUT2D eigenvalue weighted by Crippen LogP contribution is -2.33. The molecule has 0 aliphatic carbocycles. The van der Waals surface area contributed by atoms with Crippen molar-refractivity contribution in [2.45, 2.75) is 13.8 Å². The Balaban J connectivity index is 3.93. The normalized spacial score (nSPS) is 9.90. The number of rotatable bonds is 2. The molecule has 0 saturated heterocycles. The van der Waals surface area contributed by atoms with E-state index in [4.69, 9.17) is 0 Å². The minimum Gasteiger partial charge on any atom is -0.341 e. The van der Waals surface area contributed by atoms with Crippen LogP contribution in [0.4, 0.5) is 4.79 Å². The topological polar surface area (TPSA) is 32.3 Å². The van der Waals surface area contributed by atoms with E-state index >= 15 is 0 Å². The van der Waals surface area contributed by atoms with Crippen LogP contribution in [-0.4, -0.2) is 24.5 Å². The number of amides is 2. The van der Waals surface area contributed by atoms with Crippen LogP contribution < -0.4 is 5.32 Å². The third kappa shape index (κ3) is 2.53. The van der Waals surface area contributed by atoms with Gasteiger partial charge >= 0.3 is 6.03 Å². The van der Waals surface area contributed by atoms with Gasteiger partial charge < -0.3 is 10.2 Å². The molecule has 0 spiro atoms. The largest absolute Gasteiger partial charge is 0.341 e. The quantitative estimate of drug-likeness (QED) is 0.617. The fraction of sp³-hybridized carbons (Fsp3) is 0.571. The SMILES string of the molecule is C/C=C/N(CC)C(=O)NC. The Morgan fingerprint density at radius 3 is 2.60 bits per heavy atom. The van der Waals surface area contributed by atoms with Crippen molar-refractivity contribution in [3.05, 3.63) is 12.3 Å². The van der Waals surface area contributed by atoms with Crippen molar-refractivity contribution in [1.29, 1.82) is 0 Å². The summed E-state index contributed by atoms with van der Waals surface area (Å²) in [7, 11) is 1.62. The van der Waals surface area contributed by atoms with E-state index in [0.717, 1.165) is 0 Å². The van der Waals surface area contributed by atoms with E-state index < -0.39 is 0 Å². The minimum atomic E-state index is -0.0689. The van der Waals surface area contributed by atoms with Crippen LogP contribution in [0.1, 0.15) is 13.8 Å². The van der Waals surface area contributed by atoms with Gasteiger partial charge in [-0.1, -0.05) is 6.08 Å². The zero-order chi connectivity index (χ0) is 7.98. The van der Waals surface area contributed by atoms with Crippen molar-refractivity contribution in [2.24, 2.45) is 0 Å². The van der Waals surface area contributed by atoms with Gasteiger partial charge in [0.1, 0.15) is 0 Å². The van der Waals surface area contributed by atoms with Gasteiger partial charge in [0.15, 0.2) is 0 Å². The lowest BCUT2D eigenvalue weighted by molar-refractivity contribution is 0.219. The van der Waals surface area contributed by atoms with Crippen molar-refractivity contribution in [2.75, 3.05) is 13.6 Å². The first-order valence-electron chi connectivity index (χ1n) is 3.37. The summed E-state index contributed by atoms with van der Waals surface area (Å²) in [6.45, 7) is 4.50. The summed E-state index contributed by atoms with van der Waals surface area (Å²) >= 11 is 0. The standard InChI is InChI=1S/C7H14N2O/c1-4-6-9(5-2)7(10)8-3/h4,6H,5H2,1-3H3,(H,8,10)/b6-4+. The molecule has 0 rings (SSSR count). The van der Waals surface area contributed by atoms with Gasteiger partial charge in [-0.25, -0.2) is 4.79 Å². The molecule has 0 aromatic rings. The summed E-state index contributed by atoms with van der Waals surface area (Å²) in [4.78, 5) is 12.5. The lowest BCUT2D eigenvalue weighted by Gasteiger charge is -2.14. The van der Waals surface area contributed by atoms with Gasteiger partial charge in [-0.15, -0.1) is 0 Å². The Morgan fingerprint density at radius 1 is 1.70 bits per heavy atom. The monoisotopic (exact) mass is 142 g/mol. The summed E-state index contributed by atoms with van der Waals surface area (Å²) in [5, 5.41) is 2.54. The first kappa shape index (κ1) is 9.01. The van der Waals surface area contributed by atoms with Crippen molar-refractivity contribution in [3.63, 3.8) is 0 Å². The number of hydrogen-bond acceptors (Lipinski definition) is 1. The maximum absolute atomic E-state index is 10.9. The Kier molecular flexibility index (Phi) is 4.37. The number of urea groups is 1. The molecule has 0 heterocycles. The first-order valence-corrected chi connectivity index (χ1v) is 3.37. The molecule has 0 aliphatic heterocycles. The fourth-order valence-corrected chi connectivity index (χ4v) is 0.640. The Morgan fingerprint density at radius 2 is 2.30 bits per heavy atom. The van der Waals surface area contributed by atoms with Gasteiger partial charge in [-0.05, 0) is 13.8 Å². The average Bonchev–Trinajstić information content (AvgIpc) is 1.99. The molecule has 0 radical (unpaired) electrons. The van der Waals surface area contributed by atoms with Crippen LogP contribution in [0, 0.1) is 0 Å². The molecule has 0 fully saturated rings. The highest BCUT2D eigenvalue weighted by atomic mass is 16.2. The highest BCUT2D eigenvalue weighted by Gasteiger charge is 2.02. The van der Waals surface area contributed by atoms with Crippen molar-refractivity contribution in [1.82, 2.24) is 10.2 Å². The molecule has 10 heavy (non-hydrogen) atoms. The number of hydrogen-bond donors (Lipinski definition) is 1. The van der Waals surface area contributed by atoms with E-state index in [1.807, 2.05) is 19.9 Å². The van der Waals surface area contributed by atoms with Crippen LogP contribution in [0.15, 0.2) is 12.3 Å². The van der Waals surface area contributed by atoms with Gasteiger partial charge in [0.05, 0.1) is 0 Å². The van der Waals surface area contributed by atoms with E-state index in [0.29, 0.717) is 6.54 Å². The fourth-order valence-electron chi connectivity index (χ4n) is 0.640. The van der Waals surface area contributed by atoms with Crippen LogP contribution in [0.5, 0.6) is 0 Å². The second-order valence-corrected chi connectivity index (χ2v) is 1.82. The van der Waals surface area contributed by atoms with Gasteiger partial charge in [-0.3, -0.25) is 0 Å². The van der Waals surface area contributed by atoms with Gasteiger partial charge in [0.25, 0.3) is 0 Å². The zero-order valence-electron chi connectivity index (χ0n) is 6.72. The molecule has 0 saturated carbocycles. The Labute approximate surface area is 61.7 Å². The highest BCUT2D eigenvalue weighted by molar-refractivity contribution is 5.74. The van der Waals surface area contributed by atoms with E-state index in [1.54, 1.807) is 18.1 Å². The smallest absolute Gasteiger partial charge is 0.321 e. The van der Waals surface area contributed by atoms with Crippen LogP contribution in [-0.2, 0) is 0 Å². The molecular formula is C7H14N2O. The molecule has 3 heteroatoms. The highest BCUT2D eigenvalue weighted by Crippen LogP contribution is 1.88. The van der Waals surface area contributed by atoms with Crippen molar-refractivity contribution < 1.29 is 4.79 Å². The molecule has 0 unspecified atom stereocenters. The summed E-state index contributed by atoms with van der Waals surface area (Å²) in [6, 6.07) is -0.0689. The molecule has 2 amide bonds. The van der Waals surface area contributed by atoms with Crippen LogP contribution in [0.25, 0.3) is 0 Å². The van der Waals surface area contributed by atoms with Crippen LogP contribution in [0.2, 0.25) is 0 Å². The zero-order valence-corrected chi connectivity index (χ0v) is 6.72. The van der Waals surface area contributed by atoms with Gasteiger partial charge in [0.2, 0.25) is 0 Å². The summed E-state index contributed by atoms with van der Waals surface area (Å²) in [5.41, 5.74) is 0. The van der Waals surface area contributed by atoms with Crippen LogP contribution in [0.3, 0.4) is 0 Å². The molecule has 58 valence electrons. The second kappa shape index (κ2) is 4.85. The number of carbonyl (C=O) groups is 1. The maximum atomic E-state index is 10.9. The molecule has 3 nitrogen and oxygen atoms in total. The lowest BCUT2D eigenvalue weighted by atomic mass is 10.5. The average molecular weight is 142 g/mol. The van der Waals surface area contributed by atoms with Crippen LogP contribution >= 0.6 is 0 Å². The summed E-state index contributed by atoms with van der Waals surface area (Å²) < 4.78 is 0. The number of carbonyl (C=O) groups excluding carboxylic acids is 1. The number of allylic oxidation sites excluding steroid dienone is 1. The molecule has 0 aromatic carbocycles. The van der Waals surface area contributed by atoms with Gasteiger partial charge in [-0.2, -0.15) is 0 Å². The molecule has 1 N–H and O–H groups in total. The molecule has 0 bridgehead atoms. The number of nitrogens with zero attached hydrogens (tertiary/aromatic N) is 1. The maximum Gasteiger partial charge on any atom is 0.321 e. The van der Waals surface area contributed by atoms with E-state index in [9.17, 15) is 4.79 Å². The van der Waals surface area contributed by atoms with Crippen molar-refractivity contribution >= 4 is 6.03 Å². The molecular weight excluding hydrogens is 128 g/mol. The minimum absolute atomic E-state index is 0.0689. The third-order valence-corrected chi connectivity index (χ3v) is 1.14.